The van der Waals surface area contributed by atoms with Gasteiger partial charge in [0.1, 0.15) is 0 Å². The minimum atomic E-state index is -4.25. The third-order valence-electron chi connectivity index (χ3n) is 0.593. The molecule has 0 amide bonds. The molecule has 0 fully saturated rings. The van der Waals surface area contributed by atoms with Crippen LogP contribution in [0, 0.1) is 4.84 Å². The molecule has 0 aliphatic rings. The Bertz CT molecular complexity index is 117. The van der Waals surface area contributed by atoms with E-state index in [0.29, 0.717) is 0 Å². The van der Waals surface area contributed by atoms with E-state index in [2.05, 4.69) is 46.4 Å². The topological polar surface area (TPSA) is 0 Å². The summed E-state index contributed by atoms with van der Waals surface area (Å²) >= 11 is 17.9. The van der Waals surface area contributed by atoms with Gasteiger partial charge in [0.2, 0.25) is 4.84 Å². The van der Waals surface area contributed by atoms with Crippen LogP contribution in [0.15, 0.2) is 0 Å². The summed E-state index contributed by atoms with van der Waals surface area (Å²) in [6.07, 6.45) is 0. The van der Waals surface area contributed by atoms with Crippen LogP contribution in [0.1, 0.15) is 0 Å². The highest BCUT2D eigenvalue weighted by molar-refractivity contribution is 6.56. The smallest absolute Gasteiger partial charge is 0.201 e. The Morgan fingerprint density at radius 1 is 1.00 bits per heavy atom. The van der Waals surface area contributed by atoms with Gasteiger partial charge in [0, 0.05) is 0 Å². The van der Waals surface area contributed by atoms with Gasteiger partial charge >= 0.3 is 10.5 Å². The highest BCUT2D eigenvalue weighted by Gasteiger charge is 2.58. The van der Waals surface area contributed by atoms with Crippen molar-refractivity contribution in [1.82, 2.24) is 0 Å². The quantitative estimate of drug-likeness (QED) is 0.640. The van der Waals surface area contributed by atoms with E-state index in [-0.39, 0.29) is 0 Å². The van der Waals surface area contributed by atoms with Crippen LogP contribution >= 0.6 is 46.4 Å². The van der Waals surface area contributed by atoms with Crippen LogP contribution in [-0.2, 0) is 0 Å². The van der Waals surface area contributed by atoms with Crippen LogP contribution in [0.25, 0.3) is 0 Å². The zero-order chi connectivity index (χ0) is 8.58. The zero-order valence-corrected chi connectivity index (χ0v) is 7.17. The largest absolute Gasteiger partial charge is 0.344 e. The van der Waals surface area contributed by atoms with Gasteiger partial charge in [0.25, 0.3) is 0 Å². The lowest BCUT2D eigenvalue weighted by molar-refractivity contribution is -0.0248. The molecule has 0 saturated carbocycles. The predicted molar refractivity (Wildman–Crippen MR) is 35.4 cm³/mol. The molecular formula is C3Cl4F3. The van der Waals surface area contributed by atoms with Crippen molar-refractivity contribution in [1.29, 1.82) is 0 Å². The standard InChI is InChI=1S/C3Cl4F3/c4-1(5)2(8,9)3(6,7)10. The van der Waals surface area contributed by atoms with Crippen molar-refractivity contribution in [2.45, 2.75) is 10.5 Å². The molecule has 0 aromatic carbocycles. The van der Waals surface area contributed by atoms with E-state index in [9.17, 15) is 13.2 Å². The first-order chi connectivity index (χ1) is 4.19. The zero-order valence-electron chi connectivity index (χ0n) is 4.15. The number of alkyl halides is 5. The van der Waals surface area contributed by atoms with Crippen molar-refractivity contribution in [3.05, 3.63) is 4.84 Å². The predicted octanol–water partition coefficient (Wildman–Crippen LogP) is 3.69. The minimum absolute atomic E-state index is 1.51. The van der Waals surface area contributed by atoms with E-state index in [1.807, 2.05) is 0 Å². The highest BCUT2D eigenvalue weighted by atomic mass is 35.5. The normalized spacial score (nSPS) is 14.4. The first kappa shape index (κ1) is 11.0. The van der Waals surface area contributed by atoms with E-state index in [0.717, 1.165) is 0 Å². The molecule has 1 radical (unpaired) electrons. The molecule has 0 aliphatic heterocycles. The molecule has 0 bridgehead atoms. The molecule has 0 rings (SSSR count). The van der Waals surface area contributed by atoms with Crippen LogP contribution < -0.4 is 0 Å². The summed E-state index contributed by atoms with van der Waals surface area (Å²) in [4.78, 5) is -1.51. The molecule has 0 saturated heterocycles. The van der Waals surface area contributed by atoms with E-state index in [1.165, 1.54) is 0 Å². The summed E-state index contributed by atoms with van der Waals surface area (Å²) < 4.78 is 32.5. The van der Waals surface area contributed by atoms with Crippen LogP contribution in [0.5, 0.6) is 0 Å². The molecule has 0 heterocycles. The van der Waals surface area contributed by atoms with Crippen LogP contribution in [0.4, 0.5) is 13.2 Å². The molecule has 0 spiro atoms. The van der Waals surface area contributed by atoms with Crippen molar-refractivity contribution in [3.63, 3.8) is 0 Å². The molecule has 0 aromatic rings. The fourth-order valence-corrected chi connectivity index (χ4v) is 0.750. The van der Waals surface area contributed by atoms with Gasteiger partial charge < -0.3 is 0 Å². The summed E-state index contributed by atoms with van der Waals surface area (Å²) in [7, 11) is 0. The second-order valence-electron chi connectivity index (χ2n) is 1.33. The number of hydrogen-bond donors (Lipinski definition) is 0. The van der Waals surface area contributed by atoms with Gasteiger partial charge in [0.15, 0.2) is 0 Å². The fraction of sp³-hybridized carbons (Fsp3) is 0.667. The van der Waals surface area contributed by atoms with Crippen LogP contribution in [0.2, 0.25) is 0 Å². The highest BCUT2D eigenvalue weighted by Crippen LogP contribution is 2.48. The molecule has 0 nitrogen and oxygen atoms in total. The molecule has 0 aromatic heterocycles. The summed E-state index contributed by atoms with van der Waals surface area (Å²) in [6.45, 7) is 0. The van der Waals surface area contributed by atoms with E-state index < -0.39 is 15.3 Å². The van der Waals surface area contributed by atoms with E-state index >= 15 is 0 Å². The molecule has 0 unspecified atom stereocenters. The maximum atomic E-state index is 12.1. The molecule has 7 heteroatoms. The molecule has 0 aliphatic carbocycles. The average Bonchev–Trinajstić information content (AvgIpc) is 1.62. The SMILES string of the molecule is FC(Cl)(Cl)C(F)(F)[C](Cl)Cl. The van der Waals surface area contributed by atoms with Gasteiger partial charge in [-0.25, -0.2) is 4.39 Å². The van der Waals surface area contributed by atoms with Crippen molar-refractivity contribution in [3.8, 4) is 0 Å². The maximum absolute atomic E-state index is 12.1. The molecule has 0 N–H and O–H groups in total. The Kier molecular flexibility index (Phi) is 3.43. The minimum Gasteiger partial charge on any atom is -0.201 e. The van der Waals surface area contributed by atoms with Gasteiger partial charge in [-0.05, 0) is 0 Å². The molecular weight excluding hydrogens is 235 g/mol. The number of hydrogen-bond acceptors (Lipinski definition) is 0. The Hall–Kier alpha value is 0.950. The van der Waals surface area contributed by atoms with Crippen LogP contribution in [0.3, 0.4) is 0 Å². The lowest BCUT2D eigenvalue weighted by atomic mass is 10.4. The Morgan fingerprint density at radius 3 is 1.30 bits per heavy atom. The molecule has 0 atom stereocenters. The van der Waals surface area contributed by atoms with Crippen molar-refractivity contribution >= 4 is 46.4 Å². The summed E-state index contributed by atoms with van der Waals surface area (Å²) in [5.74, 6) is -4.25. The second kappa shape index (κ2) is 3.13. The first-order valence-corrected chi connectivity index (χ1v) is 3.33. The fourth-order valence-electron chi connectivity index (χ4n) is 0.107. The van der Waals surface area contributed by atoms with E-state index in [1.54, 1.807) is 0 Å². The monoisotopic (exact) mass is 233 g/mol. The van der Waals surface area contributed by atoms with E-state index in [4.69, 9.17) is 0 Å². The number of rotatable bonds is 2. The lowest BCUT2D eigenvalue weighted by Gasteiger charge is -2.21. The first-order valence-electron chi connectivity index (χ1n) is 1.82. The average molecular weight is 235 g/mol. The summed E-state index contributed by atoms with van der Waals surface area (Å²) in [5, 5.41) is 0. The van der Waals surface area contributed by atoms with Crippen molar-refractivity contribution < 1.29 is 13.2 Å². The van der Waals surface area contributed by atoms with Gasteiger partial charge in [-0.3, -0.25) is 0 Å². The Morgan fingerprint density at radius 2 is 1.30 bits per heavy atom. The Labute approximate surface area is 75.2 Å². The Balaban J connectivity index is 4.40. The molecule has 10 heavy (non-hydrogen) atoms. The summed E-state index contributed by atoms with van der Waals surface area (Å²) in [5.41, 5.74) is 0. The molecule has 61 valence electrons. The maximum Gasteiger partial charge on any atom is 0.344 e. The van der Waals surface area contributed by atoms with Crippen LogP contribution in [-0.4, -0.2) is 10.5 Å². The van der Waals surface area contributed by atoms with Gasteiger partial charge in [0.05, 0.1) is 0 Å². The third kappa shape index (κ3) is 2.22. The summed E-state index contributed by atoms with van der Waals surface area (Å²) in [6, 6.07) is 0. The van der Waals surface area contributed by atoms with Crippen molar-refractivity contribution in [2.75, 3.05) is 0 Å². The number of halogens is 7. The van der Waals surface area contributed by atoms with Gasteiger partial charge in [-0.15, -0.1) is 0 Å². The van der Waals surface area contributed by atoms with Crippen molar-refractivity contribution in [2.24, 2.45) is 0 Å². The van der Waals surface area contributed by atoms with Gasteiger partial charge in [-0.1, -0.05) is 46.4 Å². The lowest BCUT2D eigenvalue weighted by Crippen LogP contribution is -2.36. The van der Waals surface area contributed by atoms with Gasteiger partial charge in [-0.2, -0.15) is 8.78 Å². The third-order valence-corrected chi connectivity index (χ3v) is 1.54. The second-order valence-corrected chi connectivity index (χ2v) is 3.52.